The first-order valence-electron chi connectivity index (χ1n) is 23.6. The Morgan fingerprint density at radius 3 is 1.80 bits per heavy atom. The van der Waals surface area contributed by atoms with Crippen LogP contribution in [0.1, 0.15) is 126 Å². The van der Waals surface area contributed by atoms with E-state index in [4.69, 9.17) is 47.4 Å². The molecule has 21 atom stereocenters. The smallest absolute Gasteiger partial charge is 0.331 e. The zero-order valence-corrected chi connectivity index (χ0v) is 38.5. The van der Waals surface area contributed by atoms with Gasteiger partial charge in [0.1, 0.15) is 31.0 Å². The first-order valence-corrected chi connectivity index (χ1v) is 23.6. The summed E-state index contributed by atoms with van der Waals surface area (Å²) in [5.74, 6) is -1.47. The standard InChI is InChI=1S/C47H70O17/c1-22-42(63-39-18-34(52)43(23(2)57-39)64-40-19-35(59-25(4)48)44(24(3)58-40)61-27(6)50)33(51)17-38(56-22)62-30-11-13-45(7)29(16-30)9-10-32-31(45)12-14-46(8)41(28-15-37(53)55-21-28)36(60-26(5)49)20-47(32,46)54/h15,22-24,29-36,38-44,51-52,54H,9-14,16-21H2,1-8H3/t22-,23-,24-,29-,30+,31+,32-,33+,34+,35+,36+,38+,39+,40+,41+,42-,43-,44-,45+,46-,47+/m1/s1. The van der Waals surface area contributed by atoms with Crippen LogP contribution in [0.3, 0.4) is 0 Å². The minimum atomic E-state index is -1.07. The van der Waals surface area contributed by atoms with E-state index in [2.05, 4.69) is 13.8 Å². The Morgan fingerprint density at radius 2 is 1.23 bits per heavy atom. The van der Waals surface area contributed by atoms with Crippen molar-refractivity contribution >= 4 is 23.9 Å². The molecule has 0 unspecified atom stereocenters. The van der Waals surface area contributed by atoms with Crippen molar-refractivity contribution in [1.29, 1.82) is 0 Å². The SMILES string of the molecule is CC(=O)O[C@H]1[C@@H](OC(C)=O)C[C@H](O[C@H]2[C@@H](O)C[C@H](O[C@H]3[C@@H](O)C[C@H](O[C@H]4CC[C@@]5(C)[C@H](CC[C@@H]6[C@@H]5CC[C@]5(C)[C@@H](C7=CC(=O)OC7)[C@@H](OC(C)=O)C[C@]65O)C4)O[C@@H]3C)O[C@@H]2C)O[C@@H]1C. The first-order chi connectivity index (χ1) is 30.2. The van der Waals surface area contributed by atoms with Gasteiger partial charge in [0.2, 0.25) is 0 Å². The van der Waals surface area contributed by atoms with E-state index in [-0.39, 0.29) is 55.1 Å². The molecule has 0 amide bonds. The van der Waals surface area contributed by atoms with Gasteiger partial charge in [0.25, 0.3) is 0 Å². The third-order valence-corrected chi connectivity index (χ3v) is 16.7. The Labute approximate surface area is 375 Å². The number of aliphatic hydroxyl groups excluding tert-OH is 2. The average molecular weight is 907 g/mol. The van der Waals surface area contributed by atoms with Gasteiger partial charge < -0.3 is 62.7 Å². The van der Waals surface area contributed by atoms with Crippen LogP contribution in [0.25, 0.3) is 0 Å². The Hall–Kier alpha value is -2.74. The lowest BCUT2D eigenvalue weighted by atomic mass is 9.43. The fourth-order valence-electron chi connectivity index (χ4n) is 13.8. The second-order valence-corrected chi connectivity index (χ2v) is 20.6. The summed E-state index contributed by atoms with van der Waals surface area (Å²) in [5.41, 5.74) is -0.855. The molecular weight excluding hydrogens is 837 g/mol. The van der Waals surface area contributed by atoms with Crippen molar-refractivity contribution in [2.45, 2.75) is 218 Å². The van der Waals surface area contributed by atoms with Crippen molar-refractivity contribution in [3.8, 4) is 0 Å². The number of hydrogen-bond acceptors (Lipinski definition) is 17. The molecule has 360 valence electrons. The molecule has 0 aromatic heterocycles. The lowest BCUT2D eigenvalue weighted by molar-refractivity contribution is -0.336. The number of carbonyl (C=O) groups excluding carboxylic acids is 4. The molecule has 17 nitrogen and oxygen atoms in total. The molecule has 4 aliphatic carbocycles. The summed E-state index contributed by atoms with van der Waals surface area (Å²) < 4.78 is 59.6. The molecule has 17 heteroatoms. The van der Waals surface area contributed by atoms with Gasteiger partial charge >= 0.3 is 23.9 Å². The second kappa shape index (κ2) is 18.4. The van der Waals surface area contributed by atoms with Crippen molar-refractivity contribution in [3.63, 3.8) is 0 Å². The predicted octanol–water partition coefficient (Wildman–Crippen LogP) is 3.93. The number of carbonyl (C=O) groups is 4. The molecule has 4 aliphatic heterocycles. The van der Waals surface area contributed by atoms with E-state index < -0.39 is 115 Å². The highest BCUT2D eigenvalue weighted by Gasteiger charge is 2.71. The molecule has 7 fully saturated rings. The molecule has 4 saturated carbocycles. The second-order valence-electron chi connectivity index (χ2n) is 20.6. The van der Waals surface area contributed by atoms with Gasteiger partial charge in [-0.15, -0.1) is 0 Å². The number of hydrogen-bond donors (Lipinski definition) is 3. The lowest BCUT2D eigenvalue weighted by Crippen LogP contribution is -2.62. The van der Waals surface area contributed by atoms with Crippen molar-refractivity contribution in [1.82, 2.24) is 0 Å². The summed E-state index contributed by atoms with van der Waals surface area (Å²) in [7, 11) is 0. The van der Waals surface area contributed by atoms with E-state index in [0.717, 1.165) is 50.5 Å². The zero-order valence-electron chi connectivity index (χ0n) is 38.5. The highest BCUT2D eigenvalue weighted by Crippen LogP contribution is 2.70. The van der Waals surface area contributed by atoms with Gasteiger partial charge in [0.15, 0.2) is 25.0 Å². The van der Waals surface area contributed by atoms with Crippen molar-refractivity contribution < 1.29 is 81.9 Å². The maximum atomic E-state index is 12.9. The third kappa shape index (κ3) is 9.03. The Bertz CT molecular complexity index is 1770. The Kier molecular flexibility index (Phi) is 13.7. The summed E-state index contributed by atoms with van der Waals surface area (Å²) in [6.45, 7) is 13.9. The number of aliphatic hydroxyl groups is 3. The lowest BCUT2D eigenvalue weighted by Gasteiger charge is -2.63. The molecule has 0 bridgehead atoms. The van der Waals surface area contributed by atoms with Gasteiger partial charge in [0, 0.05) is 63.9 Å². The molecule has 3 saturated heterocycles. The first kappa shape index (κ1) is 47.7. The largest absolute Gasteiger partial charge is 0.462 e. The summed E-state index contributed by atoms with van der Waals surface area (Å²) in [4.78, 5) is 48.0. The number of cyclic esters (lactones) is 1. The van der Waals surface area contributed by atoms with Crippen molar-refractivity contribution in [2.75, 3.05) is 6.61 Å². The Balaban J connectivity index is 0.833. The van der Waals surface area contributed by atoms with Crippen LogP contribution in [0, 0.1) is 34.5 Å². The molecule has 0 aromatic carbocycles. The maximum absolute atomic E-state index is 12.9. The topological polar surface area (TPSA) is 221 Å². The van der Waals surface area contributed by atoms with Crippen LogP contribution in [0.2, 0.25) is 0 Å². The molecule has 0 aromatic rings. The molecule has 3 N–H and O–H groups in total. The predicted molar refractivity (Wildman–Crippen MR) is 221 cm³/mol. The van der Waals surface area contributed by atoms with Crippen LogP contribution in [-0.2, 0) is 66.5 Å². The molecule has 64 heavy (non-hydrogen) atoms. The minimum Gasteiger partial charge on any atom is -0.462 e. The van der Waals surface area contributed by atoms with Crippen LogP contribution >= 0.6 is 0 Å². The summed E-state index contributed by atoms with van der Waals surface area (Å²) in [5, 5.41) is 35.5. The van der Waals surface area contributed by atoms with Gasteiger partial charge in [-0.05, 0) is 94.5 Å². The van der Waals surface area contributed by atoms with E-state index in [1.54, 1.807) is 13.8 Å². The van der Waals surface area contributed by atoms with Gasteiger partial charge in [0.05, 0.1) is 42.2 Å². The zero-order chi connectivity index (χ0) is 46.0. The number of ether oxygens (including phenoxy) is 10. The van der Waals surface area contributed by atoms with Crippen LogP contribution in [-0.4, -0.2) is 137 Å². The quantitative estimate of drug-likeness (QED) is 0.161. The van der Waals surface area contributed by atoms with Crippen LogP contribution in [0.4, 0.5) is 0 Å². The third-order valence-electron chi connectivity index (χ3n) is 16.7. The van der Waals surface area contributed by atoms with Gasteiger partial charge in [-0.3, -0.25) is 14.4 Å². The van der Waals surface area contributed by atoms with Crippen LogP contribution in [0.5, 0.6) is 0 Å². The molecule has 8 aliphatic rings. The van der Waals surface area contributed by atoms with E-state index in [9.17, 15) is 34.5 Å². The summed E-state index contributed by atoms with van der Waals surface area (Å²) in [6.07, 6.45) is -1.64. The Morgan fingerprint density at radius 1 is 0.672 bits per heavy atom. The van der Waals surface area contributed by atoms with E-state index >= 15 is 0 Å². The average Bonchev–Trinajstić information content (AvgIpc) is 3.71. The van der Waals surface area contributed by atoms with Crippen LogP contribution < -0.4 is 0 Å². The van der Waals surface area contributed by atoms with Crippen molar-refractivity contribution in [3.05, 3.63) is 11.6 Å². The fourth-order valence-corrected chi connectivity index (χ4v) is 13.8. The highest BCUT2D eigenvalue weighted by molar-refractivity contribution is 5.85. The molecule has 0 spiro atoms. The minimum absolute atomic E-state index is 0.0199. The van der Waals surface area contributed by atoms with Gasteiger partial charge in [-0.1, -0.05) is 13.8 Å². The van der Waals surface area contributed by atoms with E-state index in [1.807, 2.05) is 6.92 Å². The molecular formula is C47H70O17. The molecule has 4 heterocycles. The fraction of sp³-hybridized carbons (Fsp3) is 0.872. The van der Waals surface area contributed by atoms with Crippen LogP contribution in [0.15, 0.2) is 11.6 Å². The number of esters is 4. The molecule has 0 radical (unpaired) electrons. The van der Waals surface area contributed by atoms with Crippen molar-refractivity contribution in [2.24, 2.45) is 34.5 Å². The number of rotatable bonds is 10. The van der Waals surface area contributed by atoms with E-state index in [1.165, 1.54) is 26.8 Å². The van der Waals surface area contributed by atoms with Gasteiger partial charge in [-0.25, -0.2) is 4.79 Å². The highest BCUT2D eigenvalue weighted by atomic mass is 16.7. The molecule has 8 rings (SSSR count). The monoisotopic (exact) mass is 906 g/mol. The maximum Gasteiger partial charge on any atom is 0.331 e. The van der Waals surface area contributed by atoms with E-state index in [0.29, 0.717) is 12.3 Å². The normalized spacial score (nSPS) is 49.0. The summed E-state index contributed by atoms with van der Waals surface area (Å²) >= 11 is 0. The number of fused-ring (bicyclic) bond motifs is 5. The van der Waals surface area contributed by atoms with Gasteiger partial charge in [-0.2, -0.15) is 0 Å². The summed E-state index contributed by atoms with van der Waals surface area (Å²) in [6, 6.07) is 0.